The minimum atomic E-state index is -0.366. The van der Waals surface area contributed by atoms with Crippen molar-refractivity contribution in [3.63, 3.8) is 0 Å². The number of benzene rings is 1. The largest absolute Gasteiger partial charge is 0.465 e. The Hall–Kier alpha value is -1.10. The van der Waals surface area contributed by atoms with E-state index in [4.69, 9.17) is 16.3 Å². The van der Waals surface area contributed by atoms with Gasteiger partial charge in [0.2, 0.25) is 0 Å². The van der Waals surface area contributed by atoms with E-state index < -0.39 is 0 Å². The summed E-state index contributed by atoms with van der Waals surface area (Å²) in [5.74, 6) is -0.366. The first-order chi connectivity index (χ1) is 8.70. The van der Waals surface area contributed by atoms with Crippen molar-refractivity contribution in [2.24, 2.45) is 0 Å². The third-order valence-corrected chi connectivity index (χ3v) is 3.32. The lowest BCUT2D eigenvalue weighted by Crippen LogP contribution is -2.35. The summed E-state index contributed by atoms with van der Waals surface area (Å²) >= 11 is 6.18. The molecule has 1 aromatic rings. The molecule has 1 aromatic carbocycles. The number of halogens is 1. The molecule has 0 N–H and O–H groups in total. The SMILES string of the molecule is COC(=O)c1ccc(CN2CCOCC2)c(Cl)c1. The van der Waals surface area contributed by atoms with Crippen molar-refractivity contribution in [3.8, 4) is 0 Å². The first-order valence-corrected chi connectivity index (χ1v) is 6.25. The van der Waals surface area contributed by atoms with Crippen LogP contribution in [0.4, 0.5) is 0 Å². The number of morpholine rings is 1. The highest BCUT2D eigenvalue weighted by atomic mass is 35.5. The highest BCUT2D eigenvalue weighted by Crippen LogP contribution is 2.20. The second-order valence-corrected chi connectivity index (χ2v) is 4.59. The molecule has 1 saturated heterocycles. The summed E-state index contributed by atoms with van der Waals surface area (Å²) in [4.78, 5) is 13.6. The van der Waals surface area contributed by atoms with Crippen molar-refractivity contribution in [3.05, 3.63) is 34.3 Å². The molecule has 0 bridgehead atoms. The zero-order valence-corrected chi connectivity index (χ0v) is 11.1. The van der Waals surface area contributed by atoms with E-state index >= 15 is 0 Å². The molecule has 1 aliphatic heterocycles. The summed E-state index contributed by atoms with van der Waals surface area (Å²) in [6.07, 6.45) is 0. The van der Waals surface area contributed by atoms with Crippen LogP contribution in [0, 0.1) is 0 Å². The Kier molecular flexibility index (Phi) is 4.58. The van der Waals surface area contributed by atoms with Gasteiger partial charge in [-0.25, -0.2) is 4.79 Å². The predicted octanol–water partition coefficient (Wildman–Crippen LogP) is 1.96. The summed E-state index contributed by atoms with van der Waals surface area (Å²) in [7, 11) is 1.36. The fourth-order valence-electron chi connectivity index (χ4n) is 1.92. The third kappa shape index (κ3) is 3.22. The average molecular weight is 270 g/mol. The molecule has 98 valence electrons. The van der Waals surface area contributed by atoms with Crippen LogP contribution in [0.15, 0.2) is 18.2 Å². The molecule has 0 spiro atoms. The third-order valence-electron chi connectivity index (χ3n) is 2.97. The molecule has 18 heavy (non-hydrogen) atoms. The number of hydrogen-bond donors (Lipinski definition) is 0. The van der Waals surface area contributed by atoms with Crippen LogP contribution in [0.5, 0.6) is 0 Å². The van der Waals surface area contributed by atoms with Gasteiger partial charge in [0.15, 0.2) is 0 Å². The molecule has 0 aromatic heterocycles. The normalized spacial score (nSPS) is 16.6. The molecule has 1 fully saturated rings. The fraction of sp³-hybridized carbons (Fsp3) is 0.462. The van der Waals surface area contributed by atoms with Gasteiger partial charge in [-0.3, -0.25) is 4.90 Å². The zero-order valence-electron chi connectivity index (χ0n) is 10.3. The molecule has 1 heterocycles. The minimum absolute atomic E-state index is 0.366. The van der Waals surface area contributed by atoms with E-state index in [0.29, 0.717) is 10.6 Å². The molecule has 1 aliphatic rings. The van der Waals surface area contributed by atoms with E-state index in [0.717, 1.165) is 38.4 Å². The zero-order chi connectivity index (χ0) is 13.0. The van der Waals surface area contributed by atoms with Gasteiger partial charge in [-0.2, -0.15) is 0 Å². The number of rotatable bonds is 3. The lowest BCUT2D eigenvalue weighted by atomic mass is 10.1. The first kappa shape index (κ1) is 13.3. The Morgan fingerprint density at radius 2 is 2.17 bits per heavy atom. The van der Waals surface area contributed by atoms with Crippen molar-refractivity contribution in [2.75, 3.05) is 33.4 Å². The van der Waals surface area contributed by atoms with Gasteiger partial charge in [0, 0.05) is 24.7 Å². The molecule has 0 amide bonds. The van der Waals surface area contributed by atoms with E-state index in [1.54, 1.807) is 12.1 Å². The number of methoxy groups -OCH3 is 1. The number of esters is 1. The minimum Gasteiger partial charge on any atom is -0.465 e. The smallest absolute Gasteiger partial charge is 0.337 e. The predicted molar refractivity (Wildman–Crippen MR) is 68.9 cm³/mol. The molecule has 0 saturated carbocycles. The second-order valence-electron chi connectivity index (χ2n) is 4.19. The number of carbonyl (C=O) groups is 1. The molecule has 0 unspecified atom stereocenters. The van der Waals surface area contributed by atoms with Crippen LogP contribution in [0.1, 0.15) is 15.9 Å². The van der Waals surface area contributed by atoms with Crippen LogP contribution in [0.25, 0.3) is 0 Å². The van der Waals surface area contributed by atoms with Gasteiger partial charge in [0.25, 0.3) is 0 Å². The van der Waals surface area contributed by atoms with Gasteiger partial charge in [-0.15, -0.1) is 0 Å². The molecule has 0 aliphatic carbocycles. The Labute approximate surface area is 111 Å². The van der Waals surface area contributed by atoms with E-state index in [1.807, 2.05) is 6.07 Å². The van der Waals surface area contributed by atoms with Crippen LogP contribution >= 0.6 is 11.6 Å². The van der Waals surface area contributed by atoms with Crippen LogP contribution in [-0.4, -0.2) is 44.3 Å². The van der Waals surface area contributed by atoms with Crippen molar-refractivity contribution in [2.45, 2.75) is 6.54 Å². The Bertz CT molecular complexity index is 430. The maximum Gasteiger partial charge on any atom is 0.337 e. The van der Waals surface area contributed by atoms with E-state index in [9.17, 15) is 4.79 Å². The number of nitrogens with zero attached hydrogens (tertiary/aromatic N) is 1. The lowest BCUT2D eigenvalue weighted by Gasteiger charge is -2.26. The summed E-state index contributed by atoms with van der Waals surface area (Å²) in [5.41, 5.74) is 1.50. The fourth-order valence-corrected chi connectivity index (χ4v) is 2.16. The molecule has 0 atom stereocenters. The number of ether oxygens (including phenoxy) is 2. The Morgan fingerprint density at radius 1 is 1.44 bits per heavy atom. The highest BCUT2D eigenvalue weighted by Gasteiger charge is 2.14. The Balaban J connectivity index is 2.07. The second kappa shape index (κ2) is 6.18. The van der Waals surface area contributed by atoms with Gasteiger partial charge < -0.3 is 9.47 Å². The summed E-state index contributed by atoms with van der Waals surface area (Å²) in [6, 6.07) is 5.28. The van der Waals surface area contributed by atoms with Crippen LogP contribution in [0.3, 0.4) is 0 Å². The maximum absolute atomic E-state index is 11.4. The highest BCUT2D eigenvalue weighted by molar-refractivity contribution is 6.31. The molecule has 2 rings (SSSR count). The van der Waals surface area contributed by atoms with Gasteiger partial charge >= 0.3 is 5.97 Å². The van der Waals surface area contributed by atoms with E-state index in [-0.39, 0.29) is 5.97 Å². The number of carbonyl (C=O) groups excluding carboxylic acids is 1. The molecular weight excluding hydrogens is 254 g/mol. The Morgan fingerprint density at radius 3 is 2.78 bits per heavy atom. The number of hydrogen-bond acceptors (Lipinski definition) is 4. The lowest BCUT2D eigenvalue weighted by molar-refractivity contribution is 0.0342. The molecule has 0 radical (unpaired) electrons. The van der Waals surface area contributed by atoms with Crippen LogP contribution < -0.4 is 0 Å². The molecule has 5 heteroatoms. The van der Waals surface area contributed by atoms with Crippen LogP contribution in [0.2, 0.25) is 5.02 Å². The van der Waals surface area contributed by atoms with Crippen molar-refractivity contribution in [1.82, 2.24) is 4.90 Å². The summed E-state index contributed by atoms with van der Waals surface area (Å²) in [5, 5.41) is 0.601. The molecule has 4 nitrogen and oxygen atoms in total. The standard InChI is InChI=1S/C13H16ClNO3/c1-17-13(16)10-2-3-11(12(14)8-10)9-15-4-6-18-7-5-15/h2-3,8H,4-7,9H2,1H3. The van der Waals surface area contributed by atoms with Crippen molar-refractivity contribution in [1.29, 1.82) is 0 Å². The average Bonchev–Trinajstić information content (AvgIpc) is 2.41. The van der Waals surface area contributed by atoms with E-state index in [1.165, 1.54) is 7.11 Å². The molecular formula is C13H16ClNO3. The van der Waals surface area contributed by atoms with Crippen molar-refractivity contribution < 1.29 is 14.3 Å². The summed E-state index contributed by atoms with van der Waals surface area (Å²) in [6.45, 7) is 4.13. The first-order valence-electron chi connectivity index (χ1n) is 5.87. The van der Waals surface area contributed by atoms with Crippen molar-refractivity contribution >= 4 is 17.6 Å². The van der Waals surface area contributed by atoms with Gasteiger partial charge in [0.05, 0.1) is 25.9 Å². The monoisotopic (exact) mass is 269 g/mol. The maximum atomic E-state index is 11.4. The van der Waals surface area contributed by atoms with E-state index in [2.05, 4.69) is 9.64 Å². The topological polar surface area (TPSA) is 38.8 Å². The quantitative estimate of drug-likeness (QED) is 0.787. The van der Waals surface area contributed by atoms with Crippen LogP contribution in [-0.2, 0) is 16.0 Å². The van der Waals surface area contributed by atoms with Gasteiger partial charge in [-0.1, -0.05) is 17.7 Å². The van der Waals surface area contributed by atoms with Gasteiger partial charge in [0.1, 0.15) is 0 Å². The van der Waals surface area contributed by atoms with Gasteiger partial charge in [-0.05, 0) is 17.7 Å². The summed E-state index contributed by atoms with van der Waals surface area (Å²) < 4.78 is 9.95.